The van der Waals surface area contributed by atoms with Gasteiger partial charge in [0.1, 0.15) is 0 Å². The predicted octanol–water partition coefficient (Wildman–Crippen LogP) is 1.38. The molecule has 0 atom stereocenters. The molecule has 1 aromatic heterocycles. The normalized spacial score (nSPS) is 11.4. The topological polar surface area (TPSA) is 72.7 Å². The lowest BCUT2D eigenvalue weighted by atomic mass is 10.2. The second-order valence-corrected chi connectivity index (χ2v) is 3.66. The number of carbonyl (C=O) groups excluding carboxylic acids is 1. The van der Waals surface area contributed by atoms with Gasteiger partial charge in [0.05, 0.1) is 0 Å². The van der Waals surface area contributed by atoms with Crippen molar-refractivity contribution in [2.75, 3.05) is 5.32 Å². The summed E-state index contributed by atoms with van der Waals surface area (Å²) in [5.41, 5.74) is 0.665. The van der Waals surface area contributed by atoms with Crippen molar-refractivity contribution < 1.29 is 18.0 Å². The second-order valence-electron chi connectivity index (χ2n) is 3.66. The lowest BCUT2D eigenvalue weighted by Crippen LogP contribution is -2.29. The van der Waals surface area contributed by atoms with Crippen LogP contribution in [0, 0.1) is 0 Å². The average Bonchev–Trinajstić information content (AvgIpc) is 2.75. The number of amides is 1. The molecule has 6 nitrogen and oxygen atoms in total. The highest BCUT2D eigenvalue weighted by Crippen LogP contribution is 2.21. The predicted molar refractivity (Wildman–Crippen MR) is 58.9 cm³/mol. The van der Waals surface area contributed by atoms with Gasteiger partial charge in [-0.05, 0) is 34.7 Å². The Bertz CT molecular complexity index is 590. The third-order valence-electron chi connectivity index (χ3n) is 2.28. The van der Waals surface area contributed by atoms with E-state index in [0.29, 0.717) is 11.4 Å². The van der Waals surface area contributed by atoms with E-state index in [1.54, 1.807) is 12.4 Å². The van der Waals surface area contributed by atoms with Gasteiger partial charge in [-0.3, -0.25) is 4.79 Å². The molecule has 0 fully saturated rings. The monoisotopic (exact) mass is 271 g/mol. The van der Waals surface area contributed by atoms with Crippen molar-refractivity contribution in [2.45, 2.75) is 6.18 Å². The molecule has 1 heterocycles. The van der Waals surface area contributed by atoms with Gasteiger partial charge in [-0.2, -0.15) is 13.2 Å². The number of nitrogens with one attached hydrogen (secondary N) is 1. The first kappa shape index (κ1) is 13.0. The van der Waals surface area contributed by atoms with Gasteiger partial charge < -0.3 is 5.32 Å². The maximum atomic E-state index is 12.0. The molecular weight excluding hydrogens is 263 g/mol. The summed E-state index contributed by atoms with van der Waals surface area (Å²) >= 11 is 0. The van der Waals surface area contributed by atoms with Gasteiger partial charge in [0, 0.05) is 18.3 Å². The van der Waals surface area contributed by atoms with Crippen molar-refractivity contribution >= 4 is 11.6 Å². The number of tetrazole rings is 1. The Balaban J connectivity index is 2.16. The number of hydrogen-bond acceptors (Lipinski definition) is 4. The molecular formula is C10H8F3N5O. The van der Waals surface area contributed by atoms with Crippen molar-refractivity contribution in [1.29, 1.82) is 0 Å². The number of nitrogens with zero attached hydrogens (tertiary/aromatic N) is 4. The number of aromatic nitrogens is 4. The molecule has 0 bridgehead atoms. The molecule has 0 unspecified atom stereocenters. The Morgan fingerprint density at radius 1 is 1.26 bits per heavy atom. The van der Waals surface area contributed by atoms with Crippen LogP contribution in [0.25, 0.3) is 11.4 Å². The van der Waals surface area contributed by atoms with Crippen LogP contribution in [-0.2, 0) is 11.8 Å². The smallest absolute Gasteiger partial charge is 0.318 e. The fraction of sp³-hybridized carbons (Fsp3) is 0.200. The zero-order valence-corrected chi connectivity index (χ0v) is 9.64. The summed E-state index contributed by atoms with van der Waals surface area (Å²) in [4.78, 5) is 10.7. The standard InChI is InChI=1S/C10H8F3N5O/c1-18-8(15-16-17-18)6-2-4-7(5-3-6)14-9(19)10(11,12)13/h2-5H,1H3,(H,14,19). The number of benzene rings is 1. The van der Waals surface area contributed by atoms with Gasteiger partial charge in [0.2, 0.25) is 0 Å². The zero-order chi connectivity index (χ0) is 14.0. The molecule has 0 saturated heterocycles. The summed E-state index contributed by atoms with van der Waals surface area (Å²) in [6, 6.07) is 5.71. The number of hydrogen-bond donors (Lipinski definition) is 1. The van der Waals surface area contributed by atoms with Crippen molar-refractivity contribution in [3.63, 3.8) is 0 Å². The lowest BCUT2D eigenvalue weighted by Gasteiger charge is -2.08. The van der Waals surface area contributed by atoms with Crippen LogP contribution in [0.3, 0.4) is 0 Å². The number of rotatable bonds is 2. The van der Waals surface area contributed by atoms with Crippen molar-refractivity contribution in [1.82, 2.24) is 20.2 Å². The summed E-state index contributed by atoms with van der Waals surface area (Å²) < 4.78 is 37.6. The zero-order valence-electron chi connectivity index (χ0n) is 9.64. The molecule has 0 aliphatic carbocycles. The first-order valence-electron chi connectivity index (χ1n) is 5.09. The quantitative estimate of drug-likeness (QED) is 0.895. The minimum atomic E-state index is -4.91. The number of aryl methyl sites for hydroxylation is 1. The van der Waals surface area contributed by atoms with Gasteiger partial charge in [-0.25, -0.2) is 4.68 Å². The van der Waals surface area contributed by atoms with Gasteiger partial charge >= 0.3 is 12.1 Å². The molecule has 1 aromatic carbocycles. The maximum Gasteiger partial charge on any atom is 0.471 e. The minimum absolute atomic E-state index is 0.0428. The molecule has 0 aliphatic heterocycles. The van der Waals surface area contributed by atoms with Crippen LogP contribution >= 0.6 is 0 Å². The summed E-state index contributed by atoms with van der Waals surface area (Å²) in [5, 5.41) is 12.6. The molecule has 0 aliphatic rings. The average molecular weight is 271 g/mol. The highest BCUT2D eigenvalue weighted by Gasteiger charge is 2.38. The van der Waals surface area contributed by atoms with E-state index in [0.717, 1.165) is 0 Å². The Morgan fingerprint density at radius 3 is 2.37 bits per heavy atom. The molecule has 2 rings (SSSR count). The minimum Gasteiger partial charge on any atom is -0.318 e. The lowest BCUT2D eigenvalue weighted by molar-refractivity contribution is -0.167. The largest absolute Gasteiger partial charge is 0.471 e. The molecule has 1 amide bonds. The number of alkyl halides is 3. The molecule has 100 valence electrons. The van der Waals surface area contributed by atoms with E-state index in [9.17, 15) is 18.0 Å². The Labute approximate surface area is 105 Å². The highest BCUT2D eigenvalue weighted by atomic mass is 19.4. The Morgan fingerprint density at radius 2 is 1.89 bits per heavy atom. The molecule has 0 spiro atoms. The van der Waals surface area contributed by atoms with Crippen LogP contribution < -0.4 is 5.32 Å². The van der Waals surface area contributed by atoms with Gasteiger partial charge in [-0.15, -0.1) is 5.10 Å². The van der Waals surface area contributed by atoms with Crippen LogP contribution in [0.2, 0.25) is 0 Å². The summed E-state index contributed by atoms with van der Waals surface area (Å²) in [6.45, 7) is 0. The molecule has 19 heavy (non-hydrogen) atoms. The second kappa shape index (κ2) is 4.67. The number of anilines is 1. The molecule has 9 heteroatoms. The van der Waals surface area contributed by atoms with Crippen LogP contribution in [0.1, 0.15) is 0 Å². The van der Waals surface area contributed by atoms with Crippen molar-refractivity contribution in [2.24, 2.45) is 7.05 Å². The molecule has 2 aromatic rings. The van der Waals surface area contributed by atoms with E-state index < -0.39 is 12.1 Å². The van der Waals surface area contributed by atoms with E-state index in [1.165, 1.54) is 28.9 Å². The van der Waals surface area contributed by atoms with Gasteiger partial charge in [0.25, 0.3) is 0 Å². The Kier molecular flexibility index (Phi) is 3.19. The summed E-state index contributed by atoms with van der Waals surface area (Å²) in [5.74, 6) is -1.55. The van der Waals surface area contributed by atoms with Crippen LogP contribution in [0.4, 0.5) is 18.9 Å². The van der Waals surface area contributed by atoms with Crippen LogP contribution in [0.5, 0.6) is 0 Å². The van der Waals surface area contributed by atoms with Crippen molar-refractivity contribution in [3.8, 4) is 11.4 Å². The Hall–Kier alpha value is -2.45. The fourth-order valence-electron chi connectivity index (χ4n) is 1.38. The fourth-order valence-corrected chi connectivity index (χ4v) is 1.38. The van der Waals surface area contributed by atoms with E-state index >= 15 is 0 Å². The molecule has 0 saturated carbocycles. The maximum absolute atomic E-state index is 12.0. The highest BCUT2D eigenvalue weighted by molar-refractivity contribution is 5.95. The van der Waals surface area contributed by atoms with E-state index in [4.69, 9.17) is 0 Å². The number of halogens is 3. The third kappa shape index (κ3) is 2.87. The van der Waals surface area contributed by atoms with Crippen LogP contribution in [0.15, 0.2) is 24.3 Å². The third-order valence-corrected chi connectivity index (χ3v) is 2.28. The van der Waals surface area contributed by atoms with Crippen LogP contribution in [-0.4, -0.2) is 32.3 Å². The van der Waals surface area contributed by atoms with E-state index in [-0.39, 0.29) is 5.69 Å². The summed E-state index contributed by atoms with van der Waals surface area (Å²) in [6.07, 6.45) is -4.91. The van der Waals surface area contributed by atoms with Crippen molar-refractivity contribution in [3.05, 3.63) is 24.3 Å². The van der Waals surface area contributed by atoms with E-state index in [1.807, 2.05) is 0 Å². The van der Waals surface area contributed by atoms with E-state index in [2.05, 4.69) is 15.5 Å². The molecule has 0 radical (unpaired) electrons. The first-order valence-corrected chi connectivity index (χ1v) is 5.09. The SMILES string of the molecule is Cn1nnnc1-c1ccc(NC(=O)C(F)(F)F)cc1. The summed E-state index contributed by atoms with van der Waals surface area (Å²) in [7, 11) is 1.63. The number of carbonyl (C=O) groups is 1. The first-order chi connectivity index (χ1) is 8.88. The molecule has 1 N–H and O–H groups in total. The van der Waals surface area contributed by atoms with Gasteiger partial charge in [-0.1, -0.05) is 0 Å². The van der Waals surface area contributed by atoms with Gasteiger partial charge in [0.15, 0.2) is 5.82 Å².